The lowest BCUT2D eigenvalue weighted by atomic mass is 10.2. The highest BCUT2D eigenvalue weighted by Crippen LogP contribution is 2.26. The van der Waals surface area contributed by atoms with E-state index < -0.39 is 15.1 Å². The quantitative estimate of drug-likeness (QED) is 0.791. The van der Waals surface area contributed by atoms with Crippen LogP contribution in [0.2, 0.25) is 0 Å². The molecule has 0 aromatic heterocycles. The Kier molecular flexibility index (Phi) is 2.40. The Bertz CT molecular complexity index is 524. The highest BCUT2D eigenvalue weighted by Gasteiger charge is 2.42. The molecule has 0 radical (unpaired) electrons. The van der Waals surface area contributed by atoms with Crippen LogP contribution in [0.25, 0.3) is 5.70 Å². The third-order valence-corrected chi connectivity index (χ3v) is 3.68. The molecule has 1 heterocycles. The second-order valence-electron chi connectivity index (χ2n) is 3.63. The van der Waals surface area contributed by atoms with Gasteiger partial charge in [-0.05, 0) is 0 Å². The molecule has 1 aromatic carbocycles. The minimum absolute atomic E-state index is 0.595. The maximum atomic E-state index is 11.3. The van der Waals surface area contributed by atoms with Gasteiger partial charge in [0.25, 0.3) is 15.1 Å². The molecule has 0 spiro atoms. The molecule has 86 valence electrons. The van der Waals surface area contributed by atoms with Crippen LogP contribution in [0.15, 0.2) is 36.6 Å². The van der Waals surface area contributed by atoms with Gasteiger partial charge in [0.05, 0.1) is 5.70 Å². The molecule has 0 bridgehead atoms. The SMILES string of the molecule is CC1(S(N)(=O)=O)NC(c2ccccc2)=CO1. The Hall–Kier alpha value is -1.53. The van der Waals surface area contributed by atoms with Crippen LogP contribution in [0.4, 0.5) is 0 Å². The first-order valence-electron chi connectivity index (χ1n) is 4.66. The van der Waals surface area contributed by atoms with Gasteiger partial charge in [0.1, 0.15) is 6.26 Å². The first-order valence-corrected chi connectivity index (χ1v) is 6.21. The topological polar surface area (TPSA) is 81.4 Å². The fourth-order valence-corrected chi connectivity index (χ4v) is 1.81. The molecule has 16 heavy (non-hydrogen) atoms. The molecular weight excluding hydrogens is 228 g/mol. The second-order valence-corrected chi connectivity index (χ2v) is 5.50. The van der Waals surface area contributed by atoms with Crippen LogP contribution < -0.4 is 10.5 Å². The van der Waals surface area contributed by atoms with E-state index in [1.165, 1.54) is 13.2 Å². The van der Waals surface area contributed by atoms with Crippen molar-refractivity contribution in [1.82, 2.24) is 5.32 Å². The van der Waals surface area contributed by atoms with Crippen LogP contribution in [0, 0.1) is 0 Å². The summed E-state index contributed by atoms with van der Waals surface area (Å²) in [6.45, 7) is 1.37. The molecule has 3 N–H and O–H groups in total. The van der Waals surface area contributed by atoms with Gasteiger partial charge in [0.2, 0.25) is 0 Å². The van der Waals surface area contributed by atoms with Crippen LogP contribution >= 0.6 is 0 Å². The number of hydrogen-bond acceptors (Lipinski definition) is 4. The summed E-state index contributed by atoms with van der Waals surface area (Å²) in [7, 11) is -3.83. The van der Waals surface area contributed by atoms with Gasteiger partial charge in [-0.1, -0.05) is 30.3 Å². The van der Waals surface area contributed by atoms with Crippen molar-refractivity contribution in [2.45, 2.75) is 12.0 Å². The smallest absolute Gasteiger partial charge is 0.293 e. The molecule has 1 aromatic rings. The molecule has 0 saturated carbocycles. The average Bonchev–Trinajstić information content (AvgIpc) is 2.63. The van der Waals surface area contributed by atoms with E-state index in [4.69, 9.17) is 9.88 Å². The van der Waals surface area contributed by atoms with E-state index in [-0.39, 0.29) is 0 Å². The van der Waals surface area contributed by atoms with E-state index >= 15 is 0 Å². The van der Waals surface area contributed by atoms with Gasteiger partial charge in [-0.15, -0.1) is 0 Å². The minimum Gasteiger partial charge on any atom is -0.458 e. The molecule has 5 nitrogen and oxygen atoms in total. The Morgan fingerprint density at radius 1 is 1.31 bits per heavy atom. The van der Waals surface area contributed by atoms with E-state index in [1.54, 1.807) is 0 Å². The molecule has 6 heteroatoms. The molecule has 1 atom stereocenters. The lowest BCUT2D eigenvalue weighted by Gasteiger charge is -2.22. The number of rotatable bonds is 2. The maximum absolute atomic E-state index is 11.3. The van der Waals surface area contributed by atoms with Crippen molar-refractivity contribution in [3.05, 3.63) is 42.2 Å². The monoisotopic (exact) mass is 240 g/mol. The Labute approximate surface area is 94.0 Å². The highest BCUT2D eigenvalue weighted by atomic mass is 32.2. The van der Waals surface area contributed by atoms with Gasteiger partial charge in [-0.3, -0.25) is 0 Å². The van der Waals surface area contributed by atoms with Crippen molar-refractivity contribution < 1.29 is 13.2 Å². The van der Waals surface area contributed by atoms with Gasteiger partial charge in [0.15, 0.2) is 0 Å². The fourth-order valence-electron chi connectivity index (χ4n) is 1.37. The predicted octanol–water partition coefficient (Wildman–Crippen LogP) is 0.567. The van der Waals surface area contributed by atoms with Crippen LogP contribution in [0.3, 0.4) is 0 Å². The number of nitrogens with one attached hydrogen (secondary N) is 1. The largest absolute Gasteiger partial charge is 0.458 e. The van der Waals surface area contributed by atoms with Gasteiger partial charge in [-0.2, -0.15) is 0 Å². The standard InChI is InChI=1S/C10H12N2O3S/c1-10(16(11,13)14)12-9(7-15-10)8-5-3-2-4-6-8/h2-7,12H,1H3,(H2,11,13,14). The van der Waals surface area contributed by atoms with Gasteiger partial charge in [0, 0.05) is 12.5 Å². The summed E-state index contributed by atoms with van der Waals surface area (Å²) in [4.78, 5) is 0. The van der Waals surface area contributed by atoms with Crippen molar-refractivity contribution >= 4 is 15.7 Å². The van der Waals surface area contributed by atoms with Crippen LogP contribution in [-0.4, -0.2) is 13.5 Å². The van der Waals surface area contributed by atoms with E-state index in [0.29, 0.717) is 5.70 Å². The zero-order chi connectivity index (χ0) is 11.8. The van der Waals surface area contributed by atoms with Gasteiger partial charge in [-0.25, -0.2) is 13.6 Å². The van der Waals surface area contributed by atoms with Crippen molar-refractivity contribution in [2.75, 3.05) is 0 Å². The van der Waals surface area contributed by atoms with Gasteiger partial charge >= 0.3 is 0 Å². The molecule has 0 aliphatic carbocycles. The summed E-state index contributed by atoms with van der Waals surface area (Å²) >= 11 is 0. The summed E-state index contributed by atoms with van der Waals surface area (Å²) < 4.78 is 27.7. The van der Waals surface area contributed by atoms with Crippen LogP contribution in [0.5, 0.6) is 0 Å². The fraction of sp³-hybridized carbons (Fsp3) is 0.200. The molecule has 1 aliphatic heterocycles. The maximum Gasteiger partial charge on any atom is 0.293 e. The Balaban J connectivity index is 2.27. The lowest BCUT2D eigenvalue weighted by Crippen LogP contribution is -2.49. The number of primary sulfonamides is 1. The zero-order valence-corrected chi connectivity index (χ0v) is 9.49. The molecule has 0 saturated heterocycles. The Morgan fingerprint density at radius 3 is 2.44 bits per heavy atom. The summed E-state index contributed by atoms with van der Waals surface area (Å²) in [5.74, 6) is 0. The molecule has 0 amide bonds. The number of hydrogen-bond donors (Lipinski definition) is 2. The summed E-state index contributed by atoms with van der Waals surface area (Å²) in [5.41, 5.74) is 1.44. The minimum atomic E-state index is -3.83. The van der Waals surface area contributed by atoms with Crippen molar-refractivity contribution in [3.8, 4) is 0 Å². The summed E-state index contributed by atoms with van der Waals surface area (Å²) in [5, 5.41) is 6.23. The van der Waals surface area contributed by atoms with E-state index in [2.05, 4.69) is 5.32 Å². The second kappa shape index (κ2) is 3.50. The van der Waals surface area contributed by atoms with Crippen molar-refractivity contribution in [2.24, 2.45) is 5.14 Å². The normalized spacial score (nSPS) is 24.5. The van der Waals surface area contributed by atoms with Crippen molar-refractivity contribution in [3.63, 3.8) is 0 Å². The number of benzene rings is 1. The third kappa shape index (κ3) is 1.77. The van der Waals surface area contributed by atoms with Gasteiger partial charge < -0.3 is 10.1 Å². The summed E-state index contributed by atoms with van der Waals surface area (Å²) in [6.07, 6.45) is 1.36. The first-order chi connectivity index (χ1) is 7.42. The van der Waals surface area contributed by atoms with Crippen LogP contribution in [0.1, 0.15) is 12.5 Å². The molecule has 1 unspecified atom stereocenters. The highest BCUT2D eigenvalue weighted by molar-refractivity contribution is 7.90. The number of nitrogens with two attached hydrogens (primary N) is 1. The van der Waals surface area contributed by atoms with Crippen molar-refractivity contribution in [1.29, 1.82) is 0 Å². The molecule has 1 aliphatic rings. The molecule has 2 rings (SSSR count). The molecule has 0 fully saturated rings. The third-order valence-electron chi connectivity index (χ3n) is 2.39. The van der Waals surface area contributed by atoms with Crippen LogP contribution in [-0.2, 0) is 14.8 Å². The average molecular weight is 240 g/mol. The number of ether oxygens (including phenoxy) is 1. The first kappa shape index (κ1) is 11.0. The Morgan fingerprint density at radius 2 is 1.94 bits per heavy atom. The van der Waals surface area contributed by atoms with E-state index in [0.717, 1.165) is 5.56 Å². The zero-order valence-electron chi connectivity index (χ0n) is 8.67. The molecular formula is C10H12N2O3S. The van der Waals surface area contributed by atoms with E-state index in [1.807, 2.05) is 30.3 Å². The lowest BCUT2D eigenvalue weighted by molar-refractivity contribution is 0.124. The predicted molar refractivity (Wildman–Crippen MR) is 60.2 cm³/mol. The number of sulfonamides is 1. The van der Waals surface area contributed by atoms with E-state index in [9.17, 15) is 8.42 Å². The summed E-state index contributed by atoms with van der Waals surface area (Å²) in [6, 6.07) is 9.27.